The minimum atomic E-state index is -0.470. The number of carbonyl (C=O) groups is 1. The minimum Gasteiger partial charge on any atom is -0.441 e. The number of nitrogens with one attached hydrogen (secondary N) is 2. The standard InChI is InChI=1S/C21H24FN3O2/c1-12(23)16(11-24-10-15-4-5-15)8-20-21(27-14(3)25-20)18-7-6-17(22)9-19(18)13(2)26/h6-7,9,11,15,23-24H,4-5,8,10H2,1-3H3/b16-11-,23-12?. The summed E-state index contributed by atoms with van der Waals surface area (Å²) in [7, 11) is 0. The maximum atomic E-state index is 13.6. The van der Waals surface area contributed by atoms with Crippen molar-refractivity contribution in [3.8, 4) is 11.3 Å². The van der Waals surface area contributed by atoms with Gasteiger partial charge in [-0.05, 0) is 56.4 Å². The molecule has 0 bridgehead atoms. The van der Waals surface area contributed by atoms with E-state index >= 15 is 0 Å². The van der Waals surface area contributed by atoms with Gasteiger partial charge in [0, 0.05) is 42.9 Å². The topological polar surface area (TPSA) is 79.0 Å². The van der Waals surface area contributed by atoms with Gasteiger partial charge in [-0.25, -0.2) is 9.37 Å². The van der Waals surface area contributed by atoms with Crippen LogP contribution in [0.4, 0.5) is 4.39 Å². The third-order valence-electron chi connectivity index (χ3n) is 4.63. The Kier molecular flexibility index (Phi) is 5.54. The molecular formula is C21H24FN3O2. The average Bonchev–Trinajstić information content (AvgIpc) is 3.35. The summed E-state index contributed by atoms with van der Waals surface area (Å²) in [5, 5.41) is 11.3. The number of allylic oxidation sites excluding steroid dienone is 1. The van der Waals surface area contributed by atoms with Gasteiger partial charge in [-0.3, -0.25) is 4.79 Å². The van der Waals surface area contributed by atoms with Gasteiger partial charge in [0.1, 0.15) is 5.82 Å². The Hall–Kier alpha value is -2.76. The highest BCUT2D eigenvalue weighted by atomic mass is 19.1. The molecule has 27 heavy (non-hydrogen) atoms. The Balaban J connectivity index is 1.93. The van der Waals surface area contributed by atoms with Crippen molar-refractivity contribution >= 4 is 11.5 Å². The SMILES string of the molecule is CC(=N)/C(=C\NCC1CC1)Cc1nc(C)oc1-c1ccc(F)cc1C(C)=O. The Morgan fingerprint density at radius 3 is 2.78 bits per heavy atom. The largest absolute Gasteiger partial charge is 0.441 e. The van der Waals surface area contributed by atoms with Crippen LogP contribution in [0.25, 0.3) is 11.3 Å². The zero-order valence-electron chi connectivity index (χ0n) is 15.9. The van der Waals surface area contributed by atoms with Crippen LogP contribution < -0.4 is 5.32 Å². The number of halogens is 1. The van der Waals surface area contributed by atoms with Crippen molar-refractivity contribution in [2.75, 3.05) is 6.54 Å². The highest BCUT2D eigenvalue weighted by molar-refractivity contribution is 6.00. The van der Waals surface area contributed by atoms with Crippen LogP contribution >= 0.6 is 0 Å². The predicted molar refractivity (Wildman–Crippen MR) is 103 cm³/mol. The van der Waals surface area contributed by atoms with Crippen LogP contribution in [0.15, 0.2) is 34.4 Å². The van der Waals surface area contributed by atoms with E-state index in [1.54, 1.807) is 19.9 Å². The monoisotopic (exact) mass is 369 g/mol. The maximum absolute atomic E-state index is 13.6. The normalized spacial score (nSPS) is 14.3. The molecule has 0 atom stereocenters. The lowest BCUT2D eigenvalue weighted by Gasteiger charge is -2.09. The number of nitrogens with zero attached hydrogens (tertiary/aromatic N) is 1. The number of hydrogen-bond donors (Lipinski definition) is 2. The van der Waals surface area contributed by atoms with E-state index in [4.69, 9.17) is 9.83 Å². The quantitative estimate of drug-likeness (QED) is 0.532. The van der Waals surface area contributed by atoms with Crippen LogP contribution in [0.1, 0.15) is 48.6 Å². The van der Waals surface area contributed by atoms with E-state index in [-0.39, 0.29) is 11.3 Å². The van der Waals surface area contributed by atoms with Crippen molar-refractivity contribution in [3.05, 3.63) is 52.9 Å². The first-order valence-electron chi connectivity index (χ1n) is 9.10. The van der Waals surface area contributed by atoms with Gasteiger partial charge in [-0.15, -0.1) is 0 Å². The second kappa shape index (κ2) is 7.86. The number of aromatic nitrogens is 1. The lowest BCUT2D eigenvalue weighted by Crippen LogP contribution is -2.13. The van der Waals surface area contributed by atoms with Gasteiger partial charge < -0.3 is 15.1 Å². The highest BCUT2D eigenvalue weighted by Crippen LogP contribution is 2.31. The van der Waals surface area contributed by atoms with Crippen molar-refractivity contribution in [1.82, 2.24) is 10.3 Å². The van der Waals surface area contributed by atoms with Gasteiger partial charge in [0.05, 0.1) is 5.69 Å². The molecule has 0 radical (unpaired) electrons. The summed E-state index contributed by atoms with van der Waals surface area (Å²) in [5.41, 5.74) is 2.66. The van der Waals surface area contributed by atoms with Crippen LogP contribution in [-0.4, -0.2) is 23.0 Å². The lowest BCUT2D eigenvalue weighted by atomic mass is 9.98. The molecule has 1 fully saturated rings. The Morgan fingerprint density at radius 1 is 1.41 bits per heavy atom. The molecule has 0 unspecified atom stereocenters. The first-order valence-corrected chi connectivity index (χ1v) is 9.10. The van der Waals surface area contributed by atoms with Crippen LogP contribution in [0.2, 0.25) is 0 Å². The fourth-order valence-corrected chi connectivity index (χ4v) is 2.95. The molecule has 1 aliphatic rings. The number of aryl methyl sites for hydroxylation is 1. The number of Topliss-reactive ketones (excluding diaryl/α,β-unsaturated/α-hetero) is 1. The van der Waals surface area contributed by atoms with Crippen molar-refractivity contribution in [2.24, 2.45) is 5.92 Å². The van der Waals surface area contributed by atoms with E-state index in [0.29, 0.717) is 35.0 Å². The van der Waals surface area contributed by atoms with Crippen LogP contribution in [0.5, 0.6) is 0 Å². The number of carbonyl (C=O) groups excluding carboxylic acids is 1. The molecule has 0 saturated heterocycles. The summed E-state index contributed by atoms with van der Waals surface area (Å²) in [6.07, 6.45) is 4.77. The number of hydrogen-bond acceptors (Lipinski definition) is 5. The molecule has 2 aromatic rings. The fraction of sp³-hybridized carbons (Fsp3) is 0.381. The summed E-state index contributed by atoms with van der Waals surface area (Å²) in [5.74, 6) is 0.936. The number of oxazole rings is 1. The summed E-state index contributed by atoms with van der Waals surface area (Å²) in [4.78, 5) is 16.4. The Bertz CT molecular complexity index is 910. The van der Waals surface area contributed by atoms with Crippen molar-refractivity contribution in [2.45, 2.75) is 40.0 Å². The zero-order valence-corrected chi connectivity index (χ0v) is 15.9. The van der Waals surface area contributed by atoms with Gasteiger partial charge in [0.25, 0.3) is 0 Å². The second-order valence-corrected chi connectivity index (χ2v) is 7.08. The third-order valence-corrected chi connectivity index (χ3v) is 4.63. The van der Waals surface area contributed by atoms with E-state index < -0.39 is 5.82 Å². The molecular weight excluding hydrogens is 345 g/mol. The molecule has 142 valence electrons. The smallest absolute Gasteiger partial charge is 0.192 e. The molecule has 1 aliphatic carbocycles. The zero-order chi connectivity index (χ0) is 19.6. The second-order valence-electron chi connectivity index (χ2n) is 7.08. The number of ketones is 1. The van der Waals surface area contributed by atoms with E-state index in [2.05, 4.69) is 10.3 Å². The Morgan fingerprint density at radius 2 is 2.15 bits per heavy atom. The average molecular weight is 369 g/mol. The molecule has 3 rings (SSSR count). The highest BCUT2D eigenvalue weighted by Gasteiger charge is 2.22. The summed E-state index contributed by atoms with van der Waals surface area (Å²) in [6.45, 7) is 5.77. The molecule has 1 aromatic carbocycles. The molecule has 0 spiro atoms. The Labute approximate surface area is 158 Å². The first kappa shape index (κ1) is 19.0. The van der Waals surface area contributed by atoms with E-state index in [0.717, 1.165) is 18.0 Å². The molecule has 0 aliphatic heterocycles. The van der Waals surface area contributed by atoms with Gasteiger partial charge >= 0.3 is 0 Å². The summed E-state index contributed by atoms with van der Waals surface area (Å²) >= 11 is 0. The third kappa shape index (κ3) is 4.70. The van der Waals surface area contributed by atoms with Crippen molar-refractivity contribution in [1.29, 1.82) is 5.41 Å². The number of rotatable bonds is 8. The molecule has 2 N–H and O–H groups in total. The van der Waals surface area contributed by atoms with Gasteiger partial charge in [-0.2, -0.15) is 0 Å². The summed E-state index contributed by atoms with van der Waals surface area (Å²) in [6, 6.07) is 4.07. The first-order chi connectivity index (χ1) is 12.8. The van der Waals surface area contributed by atoms with E-state index in [1.165, 1.54) is 31.9 Å². The van der Waals surface area contributed by atoms with Crippen LogP contribution in [-0.2, 0) is 6.42 Å². The van der Waals surface area contributed by atoms with Gasteiger partial charge in [0.15, 0.2) is 17.4 Å². The molecule has 0 amide bonds. The number of benzene rings is 1. The van der Waals surface area contributed by atoms with Gasteiger partial charge in [-0.1, -0.05) is 0 Å². The molecule has 1 saturated carbocycles. The van der Waals surface area contributed by atoms with Crippen LogP contribution in [0, 0.1) is 24.1 Å². The maximum Gasteiger partial charge on any atom is 0.192 e. The lowest BCUT2D eigenvalue weighted by molar-refractivity contribution is 0.101. The van der Waals surface area contributed by atoms with E-state index in [9.17, 15) is 9.18 Å². The summed E-state index contributed by atoms with van der Waals surface area (Å²) < 4.78 is 19.4. The molecule has 1 heterocycles. The minimum absolute atomic E-state index is 0.241. The fourth-order valence-electron chi connectivity index (χ4n) is 2.95. The van der Waals surface area contributed by atoms with Crippen molar-refractivity contribution in [3.63, 3.8) is 0 Å². The molecule has 1 aromatic heterocycles. The van der Waals surface area contributed by atoms with Crippen LogP contribution in [0.3, 0.4) is 0 Å². The van der Waals surface area contributed by atoms with E-state index in [1.807, 2.05) is 6.20 Å². The van der Waals surface area contributed by atoms with Crippen molar-refractivity contribution < 1.29 is 13.6 Å². The molecule has 5 nitrogen and oxygen atoms in total. The predicted octanol–water partition coefficient (Wildman–Crippen LogP) is 4.46. The van der Waals surface area contributed by atoms with Gasteiger partial charge in [0.2, 0.25) is 0 Å². The molecule has 6 heteroatoms.